The fourth-order valence-electron chi connectivity index (χ4n) is 4.75. The zero-order valence-corrected chi connectivity index (χ0v) is 18.7. The van der Waals surface area contributed by atoms with E-state index < -0.39 is 5.60 Å². The number of methoxy groups -OCH3 is 1. The van der Waals surface area contributed by atoms with Gasteiger partial charge in [-0.2, -0.15) is 0 Å². The Bertz CT molecular complexity index is 1150. The summed E-state index contributed by atoms with van der Waals surface area (Å²) in [6.07, 6.45) is 4.05. The van der Waals surface area contributed by atoms with Crippen molar-refractivity contribution in [2.45, 2.75) is 24.9 Å². The summed E-state index contributed by atoms with van der Waals surface area (Å²) in [4.78, 5) is 15.1. The second-order valence-corrected chi connectivity index (χ2v) is 8.41. The molecule has 1 fully saturated rings. The van der Waals surface area contributed by atoms with E-state index in [1.54, 1.807) is 25.3 Å². The van der Waals surface area contributed by atoms with Gasteiger partial charge in [-0.25, -0.2) is 0 Å². The lowest BCUT2D eigenvalue weighted by Gasteiger charge is -2.45. The topological polar surface area (TPSA) is 73.2 Å². The van der Waals surface area contributed by atoms with Crippen molar-refractivity contribution >= 4 is 5.91 Å². The molecule has 0 aliphatic carbocycles. The number of nitrogens with zero attached hydrogens (tertiary/aromatic N) is 2. The van der Waals surface area contributed by atoms with Crippen LogP contribution in [-0.2, 0) is 5.60 Å². The Kier molecular flexibility index (Phi) is 5.72. The molecule has 1 saturated heterocycles. The summed E-state index contributed by atoms with van der Waals surface area (Å²) in [5, 5.41) is 8.94. The highest BCUT2D eigenvalue weighted by Gasteiger charge is 2.44. The van der Waals surface area contributed by atoms with Gasteiger partial charge < -0.3 is 28.8 Å². The van der Waals surface area contributed by atoms with Gasteiger partial charge in [-0.05, 0) is 42.5 Å². The number of likely N-dealkylation sites (tertiary alicyclic amines) is 1. The monoisotopic (exact) mass is 448 g/mol. The first kappa shape index (κ1) is 21.4. The average molecular weight is 449 g/mol. The molecule has 7 heteroatoms. The average Bonchev–Trinajstić information content (AvgIpc) is 3.36. The van der Waals surface area contributed by atoms with Gasteiger partial charge in [0, 0.05) is 50.7 Å². The molecule has 2 aromatic carbocycles. The third-order valence-electron chi connectivity index (χ3n) is 6.47. The third-order valence-corrected chi connectivity index (χ3v) is 6.47. The fraction of sp³-hybridized carbons (Fsp3) is 0.346. The zero-order chi connectivity index (χ0) is 22.8. The number of amides is 1. The Morgan fingerprint density at radius 2 is 1.91 bits per heavy atom. The van der Waals surface area contributed by atoms with Gasteiger partial charge in [0.05, 0.1) is 25.1 Å². The van der Waals surface area contributed by atoms with Crippen LogP contribution in [0.5, 0.6) is 17.2 Å². The summed E-state index contributed by atoms with van der Waals surface area (Å²) in [5.74, 6) is 1.92. The number of aliphatic hydroxyl groups excluding tert-OH is 1. The minimum absolute atomic E-state index is 0.0309. The van der Waals surface area contributed by atoms with Crippen molar-refractivity contribution in [2.75, 3.05) is 33.4 Å². The molecule has 2 aliphatic heterocycles. The van der Waals surface area contributed by atoms with Gasteiger partial charge in [0.1, 0.15) is 5.75 Å². The van der Waals surface area contributed by atoms with Crippen LogP contribution in [0, 0.1) is 0 Å². The maximum absolute atomic E-state index is 13.3. The Morgan fingerprint density at radius 3 is 2.70 bits per heavy atom. The second kappa shape index (κ2) is 8.83. The SMILES string of the molecule is COc1cc(C(=O)N2CCC3(CC2)Oc2ccccc2-n2cccc23)ccc1OCCCO. The van der Waals surface area contributed by atoms with Gasteiger partial charge in [-0.1, -0.05) is 12.1 Å². The number of hydrogen-bond acceptors (Lipinski definition) is 5. The number of carbonyl (C=O) groups excluding carboxylic acids is 1. The number of piperidine rings is 1. The van der Waals surface area contributed by atoms with Crippen molar-refractivity contribution < 1.29 is 24.1 Å². The lowest BCUT2D eigenvalue weighted by Crippen LogP contribution is -2.50. The van der Waals surface area contributed by atoms with E-state index in [1.165, 1.54) is 0 Å². The van der Waals surface area contributed by atoms with Crippen LogP contribution in [0.3, 0.4) is 0 Å². The number of fused-ring (bicyclic) bond motifs is 4. The van der Waals surface area contributed by atoms with Crippen LogP contribution < -0.4 is 14.2 Å². The Hall–Kier alpha value is -3.45. The van der Waals surface area contributed by atoms with Crippen molar-refractivity contribution in [3.8, 4) is 22.9 Å². The summed E-state index contributed by atoms with van der Waals surface area (Å²) in [6.45, 7) is 1.65. The van der Waals surface area contributed by atoms with E-state index in [1.807, 2.05) is 23.1 Å². The van der Waals surface area contributed by atoms with Crippen LogP contribution >= 0.6 is 0 Å². The van der Waals surface area contributed by atoms with E-state index in [-0.39, 0.29) is 12.5 Å². The van der Waals surface area contributed by atoms with Gasteiger partial charge in [0.25, 0.3) is 5.91 Å². The predicted octanol–water partition coefficient (Wildman–Crippen LogP) is 3.77. The normalized spacial score (nSPS) is 16.0. The largest absolute Gasteiger partial charge is 0.493 e. The standard InChI is InChI=1S/C26H28N2O5/c1-31-23-18-19(9-10-22(23)32-17-5-16-29)25(30)27-14-11-26(12-15-27)24-8-4-13-28(24)20-6-2-3-7-21(20)33-26/h2-4,6-10,13,18,29H,5,11-12,14-17H2,1H3. The van der Waals surface area contributed by atoms with Crippen molar-refractivity contribution in [2.24, 2.45) is 0 Å². The number of para-hydroxylation sites is 2. The van der Waals surface area contributed by atoms with Gasteiger partial charge in [-0.3, -0.25) is 4.79 Å². The van der Waals surface area contributed by atoms with Crippen molar-refractivity contribution in [3.05, 3.63) is 72.1 Å². The Labute approximate surface area is 193 Å². The molecule has 0 radical (unpaired) electrons. The minimum Gasteiger partial charge on any atom is -0.493 e. The molecular weight excluding hydrogens is 420 g/mol. The molecule has 33 heavy (non-hydrogen) atoms. The lowest BCUT2D eigenvalue weighted by molar-refractivity contribution is -0.00931. The lowest BCUT2D eigenvalue weighted by atomic mass is 9.86. The van der Waals surface area contributed by atoms with Gasteiger partial charge in [0.2, 0.25) is 0 Å². The van der Waals surface area contributed by atoms with Crippen molar-refractivity contribution in [1.29, 1.82) is 0 Å². The number of aromatic nitrogens is 1. The predicted molar refractivity (Wildman–Crippen MR) is 123 cm³/mol. The zero-order valence-electron chi connectivity index (χ0n) is 18.7. The van der Waals surface area contributed by atoms with Crippen LogP contribution in [-0.4, -0.2) is 53.9 Å². The molecule has 3 aromatic rings. The molecule has 3 heterocycles. The quantitative estimate of drug-likeness (QED) is 0.581. The van der Waals surface area contributed by atoms with E-state index in [4.69, 9.17) is 19.3 Å². The smallest absolute Gasteiger partial charge is 0.253 e. The molecule has 172 valence electrons. The van der Waals surface area contributed by atoms with Gasteiger partial charge >= 0.3 is 0 Å². The first-order valence-corrected chi connectivity index (χ1v) is 11.3. The van der Waals surface area contributed by atoms with E-state index in [0.29, 0.717) is 43.2 Å². The third kappa shape index (κ3) is 3.82. The van der Waals surface area contributed by atoms with Gasteiger partial charge in [0.15, 0.2) is 17.1 Å². The van der Waals surface area contributed by atoms with Gasteiger partial charge in [-0.15, -0.1) is 0 Å². The van der Waals surface area contributed by atoms with E-state index >= 15 is 0 Å². The second-order valence-electron chi connectivity index (χ2n) is 8.41. The van der Waals surface area contributed by atoms with Crippen LogP contribution in [0.4, 0.5) is 0 Å². The van der Waals surface area contributed by atoms with E-state index in [9.17, 15) is 4.79 Å². The number of benzene rings is 2. The Balaban J connectivity index is 1.31. The molecule has 2 aliphatic rings. The first-order valence-electron chi connectivity index (χ1n) is 11.3. The molecule has 7 nitrogen and oxygen atoms in total. The van der Waals surface area contributed by atoms with Crippen LogP contribution in [0.15, 0.2) is 60.8 Å². The molecule has 0 saturated carbocycles. The Morgan fingerprint density at radius 1 is 1.09 bits per heavy atom. The highest BCUT2D eigenvalue weighted by molar-refractivity contribution is 5.95. The molecule has 0 atom stereocenters. The van der Waals surface area contributed by atoms with E-state index in [0.717, 1.165) is 30.0 Å². The molecule has 0 unspecified atom stereocenters. The fourth-order valence-corrected chi connectivity index (χ4v) is 4.75. The number of carbonyl (C=O) groups is 1. The van der Waals surface area contributed by atoms with Crippen LogP contribution in [0.2, 0.25) is 0 Å². The molecule has 5 rings (SSSR count). The summed E-state index contributed by atoms with van der Waals surface area (Å²) in [5.41, 5.74) is 2.32. The van der Waals surface area contributed by atoms with Crippen molar-refractivity contribution in [3.63, 3.8) is 0 Å². The molecule has 0 bridgehead atoms. The number of hydrogen-bond donors (Lipinski definition) is 1. The summed E-state index contributed by atoms with van der Waals surface area (Å²) < 4.78 is 19.8. The van der Waals surface area contributed by atoms with Crippen LogP contribution in [0.1, 0.15) is 35.3 Å². The summed E-state index contributed by atoms with van der Waals surface area (Å²) in [6, 6.07) is 17.5. The number of rotatable bonds is 6. The number of ether oxygens (including phenoxy) is 3. The highest BCUT2D eigenvalue weighted by Crippen LogP contribution is 2.45. The molecule has 1 aromatic heterocycles. The summed E-state index contributed by atoms with van der Waals surface area (Å²) >= 11 is 0. The van der Waals surface area contributed by atoms with Crippen molar-refractivity contribution in [1.82, 2.24) is 9.47 Å². The van der Waals surface area contributed by atoms with Crippen LogP contribution in [0.25, 0.3) is 5.69 Å². The maximum Gasteiger partial charge on any atom is 0.253 e. The number of aliphatic hydroxyl groups is 1. The minimum atomic E-state index is -0.434. The first-order chi connectivity index (χ1) is 16.1. The molecule has 1 amide bonds. The molecule has 1 N–H and O–H groups in total. The van der Waals surface area contributed by atoms with E-state index in [2.05, 4.69) is 29.0 Å². The molecular formula is C26H28N2O5. The maximum atomic E-state index is 13.3. The molecule has 1 spiro atoms. The highest BCUT2D eigenvalue weighted by atomic mass is 16.5. The summed E-state index contributed by atoms with van der Waals surface area (Å²) in [7, 11) is 1.56.